The fraction of sp³-hybridized carbons (Fsp3) is 0.200. The lowest BCUT2D eigenvalue weighted by Crippen LogP contribution is -2.04. The molecule has 2 aromatic rings. The highest BCUT2D eigenvalue weighted by atomic mass is 16.4. The molecule has 5 heteroatoms. The largest absolute Gasteiger partial charge is 0.478 e. The molecule has 5 nitrogen and oxygen atoms in total. The van der Waals surface area contributed by atoms with Crippen molar-refractivity contribution in [2.75, 3.05) is 0 Å². The fourth-order valence-corrected chi connectivity index (χ4v) is 1.27. The fourth-order valence-electron chi connectivity index (χ4n) is 1.27. The molecule has 0 saturated heterocycles. The number of benzene rings is 1. The predicted molar refractivity (Wildman–Crippen MR) is 53.6 cm³/mol. The molecular weight excluding hydrogens is 196 g/mol. The second-order valence-electron chi connectivity index (χ2n) is 3.33. The van der Waals surface area contributed by atoms with Crippen molar-refractivity contribution < 1.29 is 14.3 Å². The molecule has 15 heavy (non-hydrogen) atoms. The first kappa shape index (κ1) is 9.67. The van der Waals surface area contributed by atoms with E-state index >= 15 is 0 Å². The maximum atomic E-state index is 10.7. The van der Waals surface area contributed by atoms with Crippen molar-refractivity contribution in [1.82, 2.24) is 4.98 Å². The standard InChI is InChI=1S/C10H10N2O3/c1-5(11)9-12-7-3-2-6(10(13)14)4-8(7)15-9/h2-5H,11H2,1H3,(H,13,14). The average Bonchev–Trinajstić information content (AvgIpc) is 2.59. The molecule has 1 unspecified atom stereocenters. The SMILES string of the molecule is CC(N)c1nc2ccc(C(=O)O)cc2o1. The van der Waals surface area contributed by atoms with Crippen LogP contribution in [0.4, 0.5) is 0 Å². The molecular formula is C10H10N2O3. The van der Waals surface area contributed by atoms with Crippen LogP contribution < -0.4 is 5.73 Å². The smallest absolute Gasteiger partial charge is 0.335 e. The Bertz CT molecular complexity index is 516. The highest BCUT2D eigenvalue weighted by molar-refractivity contribution is 5.91. The molecule has 0 aliphatic rings. The van der Waals surface area contributed by atoms with Crippen molar-refractivity contribution in [3.05, 3.63) is 29.7 Å². The Morgan fingerprint density at radius 1 is 1.60 bits per heavy atom. The molecule has 2 rings (SSSR count). The molecule has 78 valence electrons. The summed E-state index contributed by atoms with van der Waals surface area (Å²) < 4.78 is 5.32. The van der Waals surface area contributed by atoms with Crippen LogP contribution in [-0.4, -0.2) is 16.1 Å². The number of rotatable bonds is 2. The summed E-state index contributed by atoms with van der Waals surface area (Å²) >= 11 is 0. The minimum absolute atomic E-state index is 0.176. The molecule has 1 heterocycles. The normalized spacial score (nSPS) is 12.9. The van der Waals surface area contributed by atoms with Crippen molar-refractivity contribution in [1.29, 1.82) is 0 Å². The van der Waals surface area contributed by atoms with Crippen molar-refractivity contribution in [2.24, 2.45) is 5.73 Å². The van der Waals surface area contributed by atoms with Crippen molar-refractivity contribution in [2.45, 2.75) is 13.0 Å². The van der Waals surface area contributed by atoms with Gasteiger partial charge in [-0.25, -0.2) is 9.78 Å². The van der Waals surface area contributed by atoms with Gasteiger partial charge < -0.3 is 15.3 Å². The summed E-state index contributed by atoms with van der Waals surface area (Å²) in [5, 5.41) is 8.77. The highest BCUT2D eigenvalue weighted by Crippen LogP contribution is 2.20. The molecule has 0 saturated carbocycles. The number of carboxylic acids is 1. The first-order valence-electron chi connectivity index (χ1n) is 4.47. The van der Waals surface area contributed by atoms with Crippen LogP contribution in [0, 0.1) is 0 Å². The van der Waals surface area contributed by atoms with Crippen molar-refractivity contribution >= 4 is 17.1 Å². The first-order valence-corrected chi connectivity index (χ1v) is 4.47. The summed E-state index contributed by atoms with van der Waals surface area (Å²) in [6, 6.07) is 4.23. The number of aromatic carboxylic acids is 1. The zero-order chi connectivity index (χ0) is 11.0. The summed E-state index contributed by atoms with van der Waals surface area (Å²) in [4.78, 5) is 14.8. The molecule has 0 amide bonds. The molecule has 0 radical (unpaired) electrons. The Hall–Kier alpha value is -1.88. The maximum Gasteiger partial charge on any atom is 0.335 e. The van der Waals surface area contributed by atoms with Gasteiger partial charge in [0, 0.05) is 0 Å². The van der Waals surface area contributed by atoms with Crippen LogP contribution in [0.2, 0.25) is 0 Å². The highest BCUT2D eigenvalue weighted by Gasteiger charge is 2.11. The lowest BCUT2D eigenvalue weighted by Gasteiger charge is -1.94. The molecule has 0 bridgehead atoms. The summed E-state index contributed by atoms with van der Waals surface area (Å²) in [6.07, 6.45) is 0. The third kappa shape index (κ3) is 1.69. The maximum absolute atomic E-state index is 10.7. The molecule has 0 aliphatic heterocycles. The number of carbonyl (C=O) groups is 1. The quantitative estimate of drug-likeness (QED) is 0.777. The number of oxazole rings is 1. The third-order valence-electron chi connectivity index (χ3n) is 2.04. The molecule has 0 aliphatic carbocycles. The summed E-state index contributed by atoms with van der Waals surface area (Å²) in [5.41, 5.74) is 6.84. The zero-order valence-corrected chi connectivity index (χ0v) is 8.10. The predicted octanol–water partition coefficient (Wildman–Crippen LogP) is 1.55. The second-order valence-corrected chi connectivity index (χ2v) is 3.33. The number of carboxylic acid groups (broad SMARTS) is 1. The lowest BCUT2D eigenvalue weighted by molar-refractivity contribution is 0.0697. The van der Waals surface area contributed by atoms with E-state index < -0.39 is 5.97 Å². The molecule has 3 N–H and O–H groups in total. The van der Waals surface area contributed by atoms with E-state index in [1.54, 1.807) is 13.0 Å². The van der Waals surface area contributed by atoms with E-state index in [0.29, 0.717) is 17.0 Å². The van der Waals surface area contributed by atoms with Gasteiger partial charge in [-0.05, 0) is 25.1 Å². The van der Waals surface area contributed by atoms with Crippen molar-refractivity contribution in [3.8, 4) is 0 Å². The Kier molecular flexibility index (Phi) is 2.17. The minimum atomic E-state index is -0.990. The minimum Gasteiger partial charge on any atom is -0.478 e. The Balaban J connectivity index is 2.57. The number of hydrogen-bond donors (Lipinski definition) is 2. The molecule has 1 aromatic carbocycles. The van der Waals surface area contributed by atoms with E-state index in [1.165, 1.54) is 12.1 Å². The molecule has 0 fully saturated rings. The van der Waals surface area contributed by atoms with Gasteiger partial charge in [-0.1, -0.05) is 0 Å². The van der Waals surface area contributed by atoms with Crippen LogP contribution in [0.15, 0.2) is 22.6 Å². The first-order chi connectivity index (χ1) is 7.08. The number of aromatic nitrogens is 1. The van der Waals surface area contributed by atoms with Gasteiger partial charge in [0.15, 0.2) is 5.58 Å². The van der Waals surface area contributed by atoms with E-state index in [0.717, 1.165) is 0 Å². The Morgan fingerprint density at radius 3 is 2.93 bits per heavy atom. The van der Waals surface area contributed by atoms with E-state index in [2.05, 4.69) is 4.98 Å². The molecule has 1 atom stereocenters. The molecule has 1 aromatic heterocycles. The van der Waals surface area contributed by atoms with Crippen LogP contribution in [-0.2, 0) is 0 Å². The van der Waals surface area contributed by atoms with E-state index in [9.17, 15) is 4.79 Å². The van der Waals surface area contributed by atoms with Crippen LogP contribution >= 0.6 is 0 Å². The van der Waals surface area contributed by atoms with E-state index in [1.807, 2.05) is 0 Å². The molecule has 0 spiro atoms. The van der Waals surface area contributed by atoms with Crippen LogP contribution in [0.3, 0.4) is 0 Å². The van der Waals surface area contributed by atoms with Gasteiger partial charge in [-0.3, -0.25) is 0 Å². The van der Waals surface area contributed by atoms with Crippen LogP contribution in [0.1, 0.15) is 29.2 Å². The van der Waals surface area contributed by atoms with Gasteiger partial charge in [-0.15, -0.1) is 0 Å². The average molecular weight is 206 g/mol. The summed E-state index contributed by atoms with van der Waals surface area (Å²) in [5.74, 6) is -0.580. The van der Waals surface area contributed by atoms with Crippen LogP contribution in [0.25, 0.3) is 11.1 Å². The van der Waals surface area contributed by atoms with E-state index in [-0.39, 0.29) is 11.6 Å². The number of nitrogens with two attached hydrogens (primary N) is 1. The lowest BCUT2D eigenvalue weighted by atomic mass is 10.2. The van der Waals surface area contributed by atoms with E-state index in [4.69, 9.17) is 15.3 Å². The van der Waals surface area contributed by atoms with Gasteiger partial charge >= 0.3 is 5.97 Å². The Morgan fingerprint density at radius 2 is 2.33 bits per heavy atom. The van der Waals surface area contributed by atoms with Gasteiger partial charge in [0.25, 0.3) is 0 Å². The summed E-state index contributed by atoms with van der Waals surface area (Å²) in [7, 11) is 0. The summed E-state index contributed by atoms with van der Waals surface area (Å²) in [6.45, 7) is 1.75. The topological polar surface area (TPSA) is 89.3 Å². The van der Waals surface area contributed by atoms with Gasteiger partial charge in [0.2, 0.25) is 5.89 Å². The zero-order valence-electron chi connectivity index (χ0n) is 8.10. The van der Waals surface area contributed by atoms with Gasteiger partial charge in [0.1, 0.15) is 5.52 Å². The monoisotopic (exact) mass is 206 g/mol. The van der Waals surface area contributed by atoms with Crippen molar-refractivity contribution in [3.63, 3.8) is 0 Å². The Labute approximate surface area is 85.5 Å². The number of fused-ring (bicyclic) bond motifs is 1. The number of hydrogen-bond acceptors (Lipinski definition) is 4. The third-order valence-corrected chi connectivity index (χ3v) is 2.04. The van der Waals surface area contributed by atoms with Gasteiger partial charge in [0.05, 0.1) is 11.6 Å². The van der Waals surface area contributed by atoms with Crippen LogP contribution in [0.5, 0.6) is 0 Å². The van der Waals surface area contributed by atoms with Gasteiger partial charge in [-0.2, -0.15) is 0 Å². The second kappa shape index (κ2) is 3.36. The number of nitrogens with zero attached hydrogens (tertiary/aromatic N) is 1.